The van der Waals surface area contributed by atoms with Crippen LogP contribution in [0.25, 0.3) is 11.4 Å². The van der Waals surface area contributed by atoms with E-state index in [1.54, 1.807) is 0 Å². The maximum atomic E-state index is 2.37. The van der Waals surface area contributed by atoms with Gasteiger partial charge in [-0.15, -0.1) is 0 Å². The van der Waals surface area contributed by atoms with Gasteiger partial charge in [0.1, 0.15) is 0 Å². The summed E-state index contributed by atoms with van der Waals surface area (Å²) in [5.74, 6) is 0. The molecule has 0 unspecified atom stereocenters. The Labute approximate surface area is 162 Å². The second-order valence-corrected chi connectivity index (χ2v) is 7.20. The molecule has 1 heterocycles. The minimum absolute atomic E-state index is 0.285. The molecule has 0 N–H and O–H groups in total. The van der Waals surface area contributed by atoms with E-state index in [-0.39, 0.29) is 6.71 Å². The number of benzene rings is 3. The molecule has 0 amide bonds. The first-order valence-corrected chi connectivity index (χ1v) is 9.49. The lowest BCUT2D eigenvalue weighted by molar-refractivity contribution is 0.675. The van der Waals surface area contributed by atoms with Crippen molar-refractivity contribution < 1.29 is 0 Å². The fourth-order valence-corrected chi connectivity index (χ4v) is 4.42. The van der Waals surface area contributed by atoms with Crippen LogP contribution in [0.3, 0.4) is 0 Å². The van der Waals surface area contributed by atoms with Crippen LogP contribution in [-0.2, 0) is 0 Å². The number of hydrogen-bond donors (Lipinski definition) is 0. The highest BCUT2D eigenvalue weighted by Gasteiger charge is 2.33. The first-order chi connectivity index (χ1) is 13.2. The summed E-state index contributed by atoms with van der Waals surface area (Å²) in [5.41, 5.74) is 9.27. The van der Waals surface area contributed by atoms with Gasteiger partial charge in [0.05, 0.1) is 0 Å². The summed E-state index contributed by atoms with van der Waals surface area (Å²) in [5, 5.41) is 0. The molecule has 0 aromatic heterocycles. The van der Waals surface area contributed by atoms with Gasteiger partial charge in [-0.1, -0.05) is 107 Å². The van der Waals surface area contributed by atoms with Crippen LogP contribution in [0.15, 0.2) is 102 Å². The molecule has 0 bridgehead atoms. The summed E-state index contributed by atoms with van der Waals surface area (Å²) in [7, 11) is 2.19. The van der Waals surface area contributed by atoms with E-state index in [4.69, 9.17) is 0 Å². The average Bonchev–Trinajstić information content (AvgIpc) is 2.70. The minimum Gasteiger partial charge on any atom is -0.345 e. The van der Waals surface area contributed by atoms with E-state index in [0.717, 1.165) is 0 Å². The lowest BCUT2D eigenvalue weighted by Crippen LogP contribution is -2.40. The van der Waals surface area contributed by atoms with Crippen molar-refractivity contribution in [2.75, 3.05) is 7.05 Å². The van der Waals surface area contributed by atoms with E-state index in [9.17, 15) is 0 Å². The zero-order chi connectivity index (χ0) is 18.8. The van der Waals surface area contributed by atoms with Gasteiger partial charge in [-0.05, 0) is 25.0 Å². The molecule has 0 saturated carbocycles. The largest absolute Gasteiger partial charge is 0.345 e. The predicted octanol–water partition coefficient (Wildman–Crippen LogP) is 5.27. The molecule has 1 aliphatic heterocycles. The van der Waals surface area contributed by atoms with Crippen molar-refractivity contribution in [1.82, 2.24) is 4.90 Å². The molecule has 0 atom stereocenters. The summed E-state index contributed by atoms with van der Waals surface area (Å²) in [6.07, 6.45) is 0. The van der Waals surface area contributed by atoms with Crippen molar-refractivity contribution in [3.63, 3.8) is 0 Å². The molecule has 0 saturated heterocycles. The molecule has 1 aliphatic rings. The van der Waals surface area contributed by atoms with Crippen molar-refractivity contribution in [3.8, 4) is 0 Å². The zero-order valence-corrected chi connectivity index (χ0v) is 16.2. The highest BCUT2D eigenvalue weighted by molar-refractivity contribution is 6.87. The van der Waals surface area contributed by atoms with Crippen molar-refractivity contribution in [1.29, 1.82) is 0 Å². The van der Waals surface area contributed by atoms with Crippen LogP contribution in [0, 0.1) is 0 Å². The Morgan fingerprint density at radius 1 is 0.556 bits per heavy atom. The molecular weight excluding hydrogens is 325 g/mol. The third kappa shape index (κ3) is 3.12. The van der Waals surface area contributed by atoms with E-state index in [1.807, 2.05) is 0 Å². The Balaban J connectivity index is 1.96. The Morgan fingerprint density at radius 2 is 0.926 bits per heavy atom. The van der Waals surface area contributed by atoms with Gasteiger partial charge in [0.15, 0.2) is 0 Å². The van der Waals surface area contributed by atoms with Gasteiger partial charge < -0.3 is 4.90 Å². The van der Waals surface area contributed by atoms with E-state index >= 15 is 0 Å². The SMILES string of the molecule is CC1=C(c2ccccc2)N(C)C(c2ccccc2)=C(C)B1c1ccccc1. The van der Waals surface area contributed by atoms with Gasteiger partial charge in [0.2, 0.25) is 6.71 Å². The van der Waals surface area contributed by atoms with Gasteiger partial charge in [-0.2, -0.15) is 0 Å². The summed E-state index contributed by atoms with van der Waals surface area (Å²) in [4.78, 5) is 2.37. The van der Waals surface area contributed by atoms with Gasteiger partial charge in [-0.3, -0.25) is 0 Å². The van der Waals surface area contributed by atoms with Crippen molar-refractivity contribution in [2.45, 2.75) is 13.8 Å². The van der Waals surface area contributed by atoms with Crippen LogP contribution in [0.4, 0.5) is 0 Å². The molecule has 0 radical (unpaired) electrons. The molecule has 0 aliphatic carbocycles. The molecule has 0 fully saturated rings. The lowest BCUT2D eigenvalue weighted by atomic mass is 9.34. The second kappa shape index (κ2) is 7.32. The number of rotatable bonds is 3. The number of hydrogen-bond acceptors (Lipinski definition) is 1. The van der Waals surface area contributed by atoms with Gasteiger partial charge >= 0.3 is 0 Å². The molecule has 132 valence electrons. The average molecular weight is 349 g/mol. The zero-order valence-electron chi connectivity index (χ0n) is 16.2. The van der Waals surface area contributed by atoms with Crippen LogP contribution >= 0.6 is 0 Å². The van der Waals surface area contributed by atoms with Crippen molar-refractivity contribution in [3.05, 3.63) is 113 Å². The van der Waals surface area contributed by atoms with Crippen LogP contribution < -0.4 is 5.46 Å². The predicted molar refractivity (Wildman–Crippen MR) is 118 cm³/mol. The summed E-state index contributed by atoms with van der Waals surface area (Å²) in [6, 6.07) is 32.3. The number of nitrogens with zero attached hydrogens (tertiary/aromatic N) is 1. The summed E-state index contributed by atoms with van der Waals surface area (Å²) >= 11 is 0. The van der Waals surface area contributed by atoms with Crippen molar-refractivity contribution in [2.24, 2.45) is 0 Å². The third-order valence-electron chi connectivity index (χ3n) is 5.51. The first-order valence-electron chi connectivity index (χ1n) is 9.49. The minimum atomic E-state index is 0.285. The molecular formula is C25H24BN. The Kier molecular flexibility index (Phi) is 4.72. The quantitative estimate of drug-likeness (QED) is 0.582. The van der Waals surface area contributed by atoms with E-state index in [2.05, 4.69) is 117 Å². The molecule has 2 heteroatoms. The topological polar surface area (TPSA) is 3.24 Å². The van der Waals surface area contributed by atoms with Crippen LogP contribution in [0.5, 0.6) is 0 Å². The smallest absolute Gasteiger partial charge is 0.236 e. The van der Waals surface area contributed by atoms with Crippen LogP contribution in [0.2, 0.25) is 0 Å². The second-order valence-electron chi connectivity index (χ2n) is 7.20. The van der Waals surface area contributed by atoms with Gasteiger partial charge in [-0.25, -0.2) is 0 Å². The summed E-state index contributed by atoms with van der Waals surface area (Å²) in [6.45, 7) is 4.84. The first kappa shape index (κ1) is 17.4. The van der Waals surface area contributed by atoms with Crippen LogP contribution in [0.1, 0.15) is 25.0 Å². The lowest BCUT2D eigenvalue weighted by Gasteiger charge is -2.37. The van der Waals surface area contributed by atoms with E-state index in [0.29, 0.717) is 0 Å². The molecule has 0 spiro atoms. The maximum absolute atomic E-state index is 2.37. The maximum Gasteiger partial charge on any atom is 0.236 e. The normalized spacial score (nSPS) is 14.8. The highest BCUT2D eigenvalue weighted by atomic mass is 15.1. The summed E-state index contributed by atoms with van der Waals surface area (Å²) < 4.78 is 0. The molecule has 1 nitrogen and oxygen atoms in total. The van der Waals surface area contributed by atoms with E-state index in [1.165, 1.54) is 38.9 Å². The molecule has 3 aromatic rings. The Morgan fingerprint density at radius 3 is 1.33 bits per heavy atom. The fraction of sp³-hybridized carbons (Fsp3) is 0.120. The third-order valence-corrected chi connectivity index (χ3v) is 5.51. The fourth-order valence-electron chi connectivity index (χ4n) is 4.42. The number of allylic oxidation sites excluding steroid dienone is 2. The molecule has 3 aromatic carbocycles. The Bertz CT molecular complexity index is 925. The van der Waals surface area contributed by atoms with Gasteiger partial charge in [0.25, 0.3) is 0 Å². The van der Waals surface area contributed by atoms with Crippen molar-refractivity contribution >= 4 is 23.6 Å². The Hall–Kier alpha value is -3.00. The monoisotopic (exact) mass is 349 g/mol. The van der Waals surface area contributed by atoms with Gasteiger partial charge in [0, 0.05) is 18.4 Å². The highest BCUT2D eigenvalue weighted by Crippen LogP contribution is 2.38. The van der Waals surface area contributed by atoms with E-state index < -0.39 is 0 Å². The molecule has 27 heavy (non-hydrogen) atoms. The molecule has 4 rings (SSSR count). The standard InChI is InChI=1S/C25H24BN/c1-19-24(21-13-7-4-8-14-21)27(3)25(22-15-9-5-10-16-22)20(2)26(19)23-17-11-6-12-18-23/h4-18H,1-3H3. The van der Waals surface area contributed by atoms with Crippen LogP contribution in [-0.4, -0.2) is 18.7 Å².